The third-order valence-electron chi connectivity index (χ3n) is 5.66. The van der Waals surface area contributed by atoms with E-state index in [0.29, 0.717) is 5.92 Å². The Hall–Kier alpha value is -2.08. The Bertz CT molecular complexity index is 680. The van der Waals surface area contributed by atoms with Crippen molar-refractivity contribution >= 4 is 0 Å². The van der Waals surface area contributed by atoms with Gasteiger partial charge in [-0.25, -0.2) is 0 Å². The Kier molecular flexibility index (Phi) is 5.04. The fourth-order valence-electron chi connectivity index (χ4n) is 4.19. The maximum atomic E-state index is 2.43. The van der Waals surface area contributed by atoms with E-state index >= 15 is 0 Å². The molecule has 1 aliphatic carbocycles. The van der Waals surface area contributed by atoms with Gasteiger partial charge in [-0.05, 0) is 31.4 Å². The number of allylic oxidation sites excluding steroid dienone is 4. The summed E-state index contributed by atoms with van der Waals surface area (Å²) in [5.74, 6) is 0.439. The number of rotatable bonds is 6. The van der Waals surface area contributed by atoms with Crippen LogP contribution in [0.25, 0.3) is 0 Å². The quantitative estimate of drug-likeness (QED) is 0.557. The molecule has 0 saturated carbocycles. The van der Waals surface area contributed by atoms with Crippen molar-refractivity contribution in [2.75, 3.05) is 0 Å². The summed E-state index contributed by atoms with van der Waals surface area (Å²) in [6, 6.07) is 22.2. The normalized spacial score (nSPS) is 17.5. The molecular weight excluding hydrogens is 288 g/mol. The zero-order valence-electron chi connectivity index (χ0n) is 15.1. The van der Waals surface area contributed by atoms with Crippen LogP contribution >= 0.6 is 0 Å². The molecule has 0 spiro atoms. The first kappa shape index (κ1) is 16.8. The molecule has 0 N–H and O–H groups in total. The smallest absolute Gasteiger partial charge is 0.0302 e. The number of unbranched alkanes of at least 4 members (excludes halogenated alkanes) is 1. The molecule has 0 saturated heterocycles. The zero-order chi connectivity index (χ0) is 17.0. The summed E-state index contributed by atoms with van der Waals surface area (Å²) in [4.78, 5) is 0. The Balaban J connectivity index is 2.23. The third-order valence-corrected chi connectivity index (χ3v) is 5.66. The fraction of sp³-hybridized carbons (Fsp3) is 0.333. The van der Waals surface area contributed by atoms with Crippen LogP contribution in [-0.4, -0.2) is 0 Å². The summed E-state index contributed by atoms with van der Waals surface area (Å²) in [5.41, 5.74) is 5.84. The molecule has 3 rings (SSSR count). The van der Waals surface area contributed by atoms with Gasteiger partial charge >= 0.3 is 0 Å². The molecule has 24 heavy (non-hydrogen) atoms. The van der Waals surface area contributed by atoms with Gasteiger partial charge in [0.05, 0.1) is 0 Å². The molecule has 1 unspecified atom stereocenters. The lowest BCUT2D eigenvalue weighted by Gasteiger charge is -2.41. The Morgan fingerprint density at radius 3 is 1.79 bits per heavy atom. The van der Waals surface area contributed by atoms with Crippen LogP contribution in [0, 0.1) is 5.92 Å². The minimum atomic E-state index is 0.0247. The lowest BCUT2D eigenvalue weighted by Crippen LogP contribution is -2.36. The molecule has 1 atom stereocenters. The van der Waals surface area contributed by atoms with Gasteiger partial charge in [0, 0.05) is 11.3 Å². The van der Waals surface area contributed by atoms with E-state index in [0.717, 1.165) is 0 Å². The second-order valence-corrected chi connectivity index (χ2v) is 7.01. The van der Waals surface area contributed by atoms with Crippen molar-refractivity contribution in [2.24, 2.45) is 5.92 Å². The lowest BCUT2D eigenvalue weighted by molar-refractivity contribution is 0.381. The van der Waals surface area contributed by atoms with Gasteiger partial charge in [0.25, 0.3) is 0 Å². The van der Waals surface area contributed by atoms with Gasteiger partial charge in [-0.3, -0.25) is 0 Å². The first-order valence-corrected chi connectivity index (χ1v) is 9.16. The van der Waals surface area contributed by atoms with E-state index < -0.39 is 0 Å². The second kappa shape index (κ2) is 7.21. The molecule has 0 aliphatic heterocycles. The molecule has 0 amide bonds. The third kappa shape index (κ3) is 2.86. The van der Waals surface area contributed by atoms with Crippen LogP contribution in [0.4, 0.5) is 0 Å². The highest BCUT2D eigenvalue weighted by Gasteiger charge is 2.42. The monoisotopic (exact) mass is 316 g/mol. The van der Waals surface area contributed by atoms with Gasteiger partial charge in [0.15, 0.2) is 0 Å². The number of hydrogen-bond acceptors (Lipinski definition) is 0. The Labute approximate surface area is 146 Å². The van der Waals surface area contributed by atoms with Gasteiger partial charge in [-0.15, -0.1) is 0 Å². The van der Waals surface area contributed by atoms with Gasteiger partial charge in [0.2, 0.25) is 0 Å². The van der Waals surface area contributed by atoms with E-state index in [1.165, 1.54) is 41.5 Å². The van der Waals surface area contributed by atoms with Crippen molar-refractivity contribution < 1.29 is 0 Å². The standard InChI is InChI=1S/C24H28/c1-4-5-18-24(21-12-8-6-9-13-21,22-14-10-7-11-15-22)23-17-16-19(2)20(23)3/h6-17,23H,4-5,18H2,1-3H3. The molecule has 0 heteroatoms. The van der Waals surface area contributed by atoms with Crippen molar-refractivity contribution in [2.45, 2.75) is 45.4 Å². The van der Waals surface area contributed by atoms with E-state index in [9.17, 15) is 0 Å². The summed E-state index contributed by atoms with van der Waals surface area (Å²) < 4.78 is 0. The van der Waals surface area contributed by atoms with Crippen LogP contribution in [0.3, 0.4) is 0 Å². The first-order chi connectivity index (χ1) is 11.7. The molecule has 0 aromatic heterocycles. The van der Waals surface area contributed by atoms with E-state index in [-0.39, 0.29) is 5.41 Å². The van der Waals surface area contributed by atoms with Crippen molar-refractivity contribution in [3.05, 3.63) is 95.1 Å². The number of hydrogen-bond donors (Lipinski definition) is 0. The summed E-state index contributed by atoms with van der Waals surface area (Å²) in [6.07, 6.45) is 8.38. The second-order valence-electron chi connectivity index (χ2n) is 7.01. The van der Waals surface area contributed by atoms with Crippen LogP contribution in [-0.2, 0) is 5.41 Å². The maximum Gasteiger partial charge on any atom is 0.0302 e. The molecule has 0 nitrogen and oxygen atoms in total. The Morgan fingerprint density at radius 2 is 1.38 bits per heavy atom. The average Bonchev–Trinajstić information content (AvgIpc) is 2.97. The van der Waals surface area contributed by atoms with Crippen molar-refractivity contribution in [3.8, 4) is 0 Å². The highest BCUT2D eigenvalue weighted by atomic mass is 14.4. The van der Waals surface area contributed by atoms with Gasteiger partial charge in [0.1, 0.15) is 0 Å². The fourth-order valence-corrected chi connectivity index (χ4v) is 4.19. The molecule has 0 radical (unpaired) electrons. The van der Waals surface area contributed by atoms with Crippen LogP contribution in [0.15, 0.2) is 84.0 Å². The maximum absolute atomic E-state index is 2.43. The summed E-state index contributed by atoms with van der Waals surface area (Å²) in [5, 5.41) is 0. The van der Waals surface area contributed by atoms with Crippen molar-refractivity contribution in [1.82, 2.24) is 0 Å². The predicted octanol–water partition coefficient (Wildman–Crippen LogP) is 6.69. The molecule has 0 bridgehead atoms. The largest absolute Gasteiger partial charge is 0.0758 e. The molecule has 2 aromatic carbocycles. The molecule has 2 aromatic rings. The minimum Gasteiger partial charge on any atom is -0.0758 e. The van der Waals surface area contributed by atoms with Crippen molar-refractivity contribution in [3.63, 3.8) is 0 Å². The van der Waals surface area contributed by atoms with E-state index in [1.54, 1.807) is 0 Å². The van der Waals surface area contributed by atoms with Gasteiger partial charge in [-0.1, -0.05) is 104 Å². The van der Waals surface area contributed by atoms with Crippen LogP contribution in [0.1, 0.15) is 51.2 Å². The zero-order valence-corrected chi connectivity index (χ0v) is 15.1. The molecule has 124 valence electrons. The van der Waals surface area contributed by atoms with Crippen LogP contribution in [0.5, 0.6) is 0 Å². The lowest BCUT2D eigenvalue weighted by atomic mass is 9.61. The topological polar surface area (TPSA) is 0 Å². The highest BCUT2D eigenvalue weighted by molar-refractivity contribution is 5.49. The SMILES string of the molecule is CCCCC(c1ccccc1)(c1ccccc1)C1C=CC(C)=C1C. The predicted molar refractivity (Wildman–Crippen MR) is 104 cm³/mol. The Morgan fingerprint density at radius 1 is 0.833 bits per heavy atom. The van der Waals surface area contributed by atoms with Crippen LogP contribution in [0.2, 0.25) is 0 Å². The highest BCUT2D eigenvalue weighted by Crippen LogP contribution is 2.49. The number of benzene rings is 2. The summed E-state index contributed by atoms with van der Waals surface area (Å²) >= 11 is 0. The molecular formula is C24H28. The first-order valence-electron chi connectivity index (χ1n) is 9.16. The van der Waals surface area contributed by atoms with E-state index in [4.69, 9.17) is 0 Å². The van der Waals surface area contributed by atoms with E-state index in [2.05, 4.69) is 93.6 Å². The van der Waals surface area contributed by atoms with Crippen LogP contribution < -0.4 is 0 Å². The summed E-state index contributed by atoms with van der Waals surface area (Å²) in [6.45, 7) is 6.85. The minimum absolute atomic E-state index is 0.0247. The summed E-state index contributed by atoms with van der Waals surface area (Å²) in [7, 11) is 0. The van der Waals surface area contributed by atoms with Gasteiger partial charge in [-0.2, -0.15) is 0 Å². The molecule has 0 fully saturated rings. The molecule has 0 heterocycles. The average molecular weight is 316 g/mol. The molecule has 1 aliphatic rings. The van der Waals surface area contributed by atoms with E-state index in [1.807, 2.05) is 0 Å². The van der Waals surface area contributed by atoms with Crippen molar-refractivity contribution in [1.29, 1.82) is 0 Å². The van der Waals surface area contributed by atoms with Gasteiger partial charge < -0.3 is 0 Å².